The van der Waals surface area contributed by atoms with Gasteiger partial charge in [-0.05, 0) is 27.7 Å². The average molecular weight is 456 g/mol. The first-order valence-electron chi connectivity index (χ1n) is 10.9. The van der Waals surface area contributed by atoms with Crippen molar-refractivity contribution in [2.75, 3.05) is 79.5 Å². The second-order valence-electron chi connectivity index (χ2n) is 7.69. The molecule has 188 valence electrons. The highest BCUT2D eigenvalue weighted by Gasteiger charge is 2.16. The lowest BCUT2D eigenvalue weighted by Gasteiger charge is -2.29. The quantitative estimate of drug-likeness (QED) is 0.0974. The summed E-state index contributed by atoms with van der Waals surface area (Å²) in [5, 5.41) is 39.2. The van der Waals surface area contributed by atoms with Crippen LogP contribution in [0.1, 0.15) is 27.7 Å². The van der Waals surface area contributed by atoms with Gasteiger partial charge in [0.25, 0.3) is 0 Å². The zero-order chi connectivity index (χ0) is 23.5. The van der Waals surface area contributed by atoms with Gasteiger partial charge in [-0.25, -0.2) is 0 Å². The van der Waals surface area contributed by atoms with Crippen molar-refractivity contribution < 1.29 is 39.4 Å². The molecule has 0 saturated heterocycles. The Balaban J connectivity index is 4.47. The van der Waals surface area contributed by atoms with Gasteiger partial charge in [-0.2, -0.15) is 0 Å². The van der Waals surface area contributed by atoms with Crippen LogP contribution < -0.4 is 5.32 Å². The molecular weight excluding hydrogens is 410 g/mol. The van der Waals surface area contributed by atoms with Crippen molar-refractivity contribution in [1.82, 2.24) is 15.1 Å². The molecule has 0 aromatic rings. The number of nitrogens with one attached hydrogen (secondary N) is 1. The SMILES string of the molecule is CC(CN(CCNCCN(CC(C)OCO)CC(C)OCO)CC(C)OCO)OCO. The predicted octanol–water partition coefficient (Wildman–Crippen LogP) is -1.40. The highest BCUT2D eigenvalue weighted by atomic mass is 16.6. The van der Waals surface area contributed by atoms with Gasteiger partial charge < -0.3 is 44.7 Å². The monoisotopic (exact) mass is 455 g/mol. The standard InChI is InChI=1S/C20H45N3O8/c1-17(28-13-24)9-22(10-18(2)29-14-25)7-5-21-6-8-23(11-19(3)30-15-26)12-20(4)31-16-27/h17-21,24-27H,5-16H2,1-4H3. The Morgan fingerprint density at radius 2 is 0.806 bits per heavy atom. The fourth-order valence-corrected chi connectivity index (χ4v) is 3.29. The Labute approximate surface area is 186 Å². The van der Waals surface area contributed by atoms with Crippen molar-refractivity contribution in [3.63, 3.8) is 0 Å². The van der Waals surface area contributed by atoms with Crippen LogP contribution in [0, 0.1) is 0 Å². The van der Waals surface area contributed by atoms with Crippen LogP contribution in [0.25, 0.3) is 0 Å². The minimum Gasteiger partial charge on any atom is -0.371 e. The molecule has 5 N–H and O–H groups in total. The first kappa shape index (κ1) is 30.6. The fraction of sp³-hybridized carbons (Fsp3) is 1.00. The summed E-state index contributed by atoms with van der Waals surface area (Å²) in [7, 11) is 0. The molecule has 0 heterocycles. The van der Waals surface area contributed by atoms with E-state index in [-0.39, 0.29) is 51.6 Å². The van der Waals surface area contributed by atoms with E-state index in [9.17, 15) is 0 Å². The highest BCUT2D eigenvalue weighted by Crippen LogP contribution is 2.02. The summed E-state index contributed by atoms with van der Waals surface area (Å²) in [6, 6.07) is 0. The Morgan fingerprint density at radius 1 is 0.548 bits per heavy atom. The van der Waals surface area contributed by atoms with Crippen LogP contribution in [0.5, 0.6) is 0 Å². The highest BCUT2D eigenvalue weighted by molar-refractivity contribution is 4.70. The zero-order valence-corrected chi connectivity index (χ0v) is 19.6. The Kier molecular flexibility index (Phi) is 19.9. The molecule has 0 rings (SSSR count). The van der Waals surface area contributed by atoms with Crippen LogP contribution in [-0.4, -0.2) is 134 Å². The Morgan fingerprint density at radius 3 is 1.03 bits per heavy atom. The van der Waals surface area contributed by atoms with Gasteiger partial charge in [-0.15, -0.1) is 0 Å². The molecule has 0 aliphatic carbocycles. The van der Waals surface area contributed by atoms with Crippen molar-refractivity contribution in [2.24, 2.45) is 0 Å². The lowest BCUT2D eigenvalue weighted by atomic mass is 10.3. The minimum atomic E-state index is -0.317. The summed E-state index contributed by atoms with van der Waals surface area (Å²) in [5.74, 6) is 0. The van der Waals surface area contributed by atoms with E-state index in [1.165, 1.54) is 0 Å². The number of hydrogen-bond acceptors (Lipinski definition) is 11. The van der Waals surface area contributed by atoms with Crippen molar-refractivity contribution >= 4 is 0 Å². The molecule has 0 amide bonds. The molecule has 0 aliphatic heterocycles. The molecule has 0 bridgehead atoms. The molecule has 0 aromatic heterocycles. The molecule has 0 aromatic carbocycles. The Bertz CT molecular complexity index is 335. The van der Waals surface area contributed by atoms with Gasteiger partial charge in [0.2, 0.25) is 0 Å². The van der Waals surface area contributed by atoms with E-state index < -0.39 is 0 Å². The van der Waals surface area contributed by atoms with Gasteiger partial charge in [0.05, 0.1) is 24.4 Å². The average Bonchev–Trinajstić information content (AvgIpc) is 2.68. The topological polar surface area (TPSA) is 136 Å². The van der Waals surface area contributed by atoms with Crippen molar-refractivity contribution in [1.29, 1.82) is 0 Å². The van der Waals surface area contributed by atoms with E-state index >= 15 is 0 Å². The smallest absolute Gasteiger partial charge is 0.143 e. The summed E-state index contributed by atoms with van der Waals surface area (Å²) in [6.45, 7) is 11.9. The summed E-state index contributed by atoms with van der Waals surface area (Å²) in [5.41, 5.74) is 0. The number of rotatable bonds is 22. The lowest BCUT2D eigenvalue weighted by Crippen LogP contribution is -2.44. The molecule has 0 radical (unpaired) electrons. The lowest BCUT2D eigenvalue weighted by molar-refractivity contribution is -0.0717. The van der Waals surface area contributed by atoms with E-state index in [2.05, 4.69) is 15.1 Å². The summed E-state index contributed by atoms with van der Waals surface area (Å²) in [4.78, 5) is 4.33. The van der Waals surface area contributed by atoms with E-state index in [1.807, 2.05) is 27.7 Å². The molecule has 0 saturated carbocycles. The van der Waals surface area contributed by atoms with Gasteiger partial charge >= 0.3 is 0 Å². The molecule has 0 spiro atoms. The van der Waals surface area contributed by atoms with Crippen molar-refractivity contribution in [3.8, 4) is 0 Å². The number of nitrogens with zero attached hydrogens (tertiary/aromatic N) is 2. The van der Waals surface area contributed by atoms with Crippen LogP contribution >= 0.6 is 0 Å². The molecule has 11 heteroatoms. The summed E-state index contributed by atoms with van der Waals surface area (Å²) in [6.07, 6.45) is -0.489. The van der Waals surface area contributed by atoms with Crippen molar-refractivity contribution in [2.45, 2.75) is 52.1 Å². The molecule has 11 nitrogen and oxygen atoms in total. The number of ether oxygens (including phenoxy) is 4. The van der Waals surface area contributed by atoms with E-state index in [1.54, 1.807) is 0 Å². The van der Waals surface area contributed by atoms with Gasteiger partial charge in [0.15, 0.2) is 0 Å². The maximum absolute atomic E-state index is 8.94. The summed E-state index contributed by atoms with van der Waals surface area (Å²) < 4.78 is 20.9. The second kappa shape index (κ2) is 20.2. The first-order valence-corrected chi connectivity index (χ1v) is 10.9. The van der Waals surface area contributed by atoms with Crippen LogP contribution in [0.3, 0.4) is 0 Å². The van der Waals surface area contributed by atoms with Crippen LogP contribution in [0.15, 0.2) is 0 Å². The van der Waals surface area contributed by atoms with Crippen LogP contribution in [-0.2, 0) is 18.9 Å². The summed E-state index contributed by atoms with van der Waals surface area (Å²) >= 11 is 0. The van der Waals surface area contributed by atoms with Gasteiger partial charge in [0, 0.05) is 52.4 Å². The van der Waals surface area contributed by atoms with E-state index in [0.29, 0.717) is 26.2 Å². The van der Waals surface area contributed by atoms with Crippen LogP contribution in [0.4, 0.5) is 0 Å². The third-order valence-corrected chi connectivity index (χ3v) is 4.71. The van der Waals surface area contributed by atoms with Gasteiger partial charge in [-0.1, -0.05) is 0 Å². The van der Waals surface area contributed by atoms with Gasteiger partial charge in [-0.3, -0.25) is 9.80 Å². The van der Waals surface area contributed by atoms with Crippen LogP contribution in [0.2, 0.25) is 0 Å². The third-order valence-electron chi connectivity index (χ3n) is 4.71. The van der Waals surface area contributed by atoms with Crippen molar-refractivity contribution in [3.05, 3.63) is 0 Å². The van der Waals surface area contributed by atoms with Gasteiger partial charge in [0.1, 0.15) is 27.2 Å². The molecular formula is C20H45N3O8. The number of aliphatic hydroxyl groups is 4. The second-order valence-corrected chi connectivity index (χ2v) is 7.69. The fourth-order valence-electron chi connectivity index (χ4n) is 3.29. The normalized spacial score (nSPS) is 16.1. The van der Waals surface area contributed by atoms with E-state index in [0.717, 1.165) is 26.2 Å². The first-order chi connectivity index (χ1) is 14.9. The third kappa shape index (κ3) is 17.8. The maximum atomic E-state index is 8.94. The predicted molar refractivity (Wildman–Crippen MR) is 116 cm³/mol. The van der Waals surface area contributed by atoms with E-state index in [4.69, 9.17) is 39.4 Å². The molecule has 4 unspecified atom stereocenters. The zero-order valence-electron chi connectivity index (χ0n) is 19.6. The molecule has 31 heavy (non-hydrogen) atoms. The largest absolute Gasteiger partial charge is 0.371 e. The maximum Gasteiger partial charge on any atom is 0.143 e. The molecule has 4 atom stereocenters. The Hall–Kier alpha value is -0.440. The number of hydrogen-bond donors (Lipinski definition) is 5. The number of aliphatic hydroxyl groups excluding tert-OH is 4. The molecule has 0 aliphatic rings. The minimum absolute atomic E-state index is 0.122. The molecule has 0 fully saturated rings.